The van der Waals surface area contributed by atoms with Gasteiger partial charge in [0.2, 0.25) is 0 Å². The average Bonchev–Trinajstić information content (AvgIpc) is 3.24. The Morgan fingerprint density at radius 1 is 1.23 bits per heavy atom. The van der Waals surface area contributed by atoms with Crippen molar-refractivity contribution in [3.05, 3.63) is 99.8 Å². The largest absolute Gasteiger partial charge is 0.375 e. The summed E-state index contributed by atoms with van der Waals surface area (Å²) in [5.41, 5.74) is 12.8. The third kappa shape index (κ3) is 3.31. The van der Waals surface area contributed by atoms with Gasteiger partial charge < -0.3 is 5.32 Å². The molecule has 2 aliphatic heterocycles. The van der Waals surface area contributed by atoms with Gasteiger partial charge in [0.05, 0.1) is 0 Å². The van der Waals surface area contributed by atoms with Crippen LogP contribution in [0.4, 0.5) is 0 Å². The summed E-state index contributed by atoms with van der Waals surface area (Å²) < 4.78 is 2.48. The van der Waals surface area contributed by atoms with Gasteiger partial charge in [-0.25, -0.2) is 4.58 Å². The molecule has 3 aliphatic carbocycles. The van der Waals surface area contributed by atoms with Gasteiger partial charge in [0, 0.05) is 16.4 Å². The molecule has 1 aromatic rings. The highest BCUT2D eigenvalue weighted by molar-refractivity contribution is 7.81. The van der Waals surface area contributed by atoms with Gasteiger partial charge in [-0.3, -0.25) is 0 Å². The van der Waals surface area contributed by atoms with E-state index in [1.807, 2.05) is 0 Å². The monoisotopic (exact) mass is 499 g/mol. The Bertz CT molecular complexity index is 1340. The lowest BCUT2D eigenvalue weighted by Crippen LogP contribution is -2.49. The fraction of sp³-hybridized carbons (Fsp3) is 0.387. The Morgan fingerprint density at radius 3 is 2.77 bits per heavy atom. The third-order valence-electron chi connectivity index (χ3n) is 8.65. The van der Waals surface area contributed by atoms with Crippen LogP contribution in [-0.4, -0.2) is 34.5 Å². The van der Waals surface area contributed by atoms with Crippen molar-refractivity contribution in [1.29, 1.82) is 0 Å². The summed E-state index contributed by atoms with van der Waals surface area (Å²) in [5, 5.41) is 4.14. The quantitative estimate of drug-likeness (QED) is 0.264. The SMILES string of the molecule is CPC1=[N+](C)C(c2ccccc2C2=CC34N/C=C\C(C(C)C)CC(=C23)C2=C4C=CCC2S)C=C1C. The summed E-state index contributed by atoms with van der Waals surface area (Å²) in [4.78, 5) is 0. The van der Waals surface area contributed by atoms with Gasteiger partial charge in [0.15, 0.2) is 11.5 Å². The van der Waals surface area contributed by atoms with Crippen LogP contribution in [0.3, 0.4) is 0 Å². The number of allylic oxidation sites excluding steroid dienone is 4. The van der Waals surface area contributed by atoms with E-state index in [2.05, 4.69) is 105 Å². The predicted molar refractivity (Wildman–Crippen MR) is 155 cm³/mol. The molecule has 1 aromatic carbocycles. The molecule has 5 aliphatic rings. The van der Waals surface area contributed by atoms with E-state index in [0.29, 0.717) is 17.9 Å². The first-order valence-electron chi connectivity index (χ1n) is 12.9. The zero-order valence-electron chi connectivity index (χ0n) is 21.4. The highest BCUT2D eigenvalue weighted by Gasteiger charge is 2.54. The molecule has 2 bridgehead atoms. The van der Waals surface area contributed by atoms with Crippen molar-refractivity contribution < 1.29 is 4.58 Å². The third-order valence-corrected chi connectivity index (χ3v) is 10.3. The summed E-state index contributed by atoms with van der Waals surface area (Å²) in [7, 11) is 3.07. The maximum atomic E-state index is 5.09. The van der Waals surface area contributed by atoms with Gasteiger partial charge in [-0.2, -0.15) is 12.6 Å². The number of fused-ring (bicyclic) bond motifs is 1. The smallest absolute Gasteiger partial charge is 0.198 e. The normalized spacial score (nSPS) is 32.4. The molecule has 5 atom stereocenters. The lowest BCUT2D eigenvalue weighted by atomic mass is 9.66. The molecule has 4 heteroatoms. The van der Waals surface area contributed by atoms with E-state index in [-0.39, 0.29) is 10.8 Å². The molecule has 0 fully saturated rings. The van der Waals surface area contributed by atoms with Crippen LogP contribution < -0.4 is 5.32 Å². The summed E-state index contributed by atoms with van der Waals surface area (Å²) in [6.45, 7) is 9.24. The minimum absolute atomic E-state index is 0.209. The van der Waals surface area contributed by atoms with Crippen molar-refractivity contribution in [3.63, 3.8) is 0 Å². The topological polar surface area (TPSA) is 15.0 Å². The second-order valence-corrected chi connectivity index (χ2v) is 12.5. The molecule has 0 aromatic heterocycles. The molecule has 6 rings (SSSR count). The molecule has 180 valence electrons. The zero-order valence-corrected chi connectivity index (χ0v) is 23.3. The molecular weight excluding hydrogens is 463 g/mol. The average molecular weight is 500 g/mol. The van der Waals surface area contributed by atoms with Crippen molar-refractivity contribution >= 4 is 32.2 Å². The van der Waals surface area contributed by atoms with Gasteiger partial charge >= 0.3 is 0 Å². The molecule has 0 amide bonds. The van der Waals surface area contributed by atoms with E-state index in [1.54, 1.807) is 5.57 Å². The Labute approximate surface area is 217 Å². The number of thiol groups is 1. The molecular formula is C31H36N2PS+. The van der Waals surface area contributed by atoms with Crippen molar-refractivity contribution in [2.75, 3.05) is 13.7 Å². The molecule has 0 spiro atoms. The molecule has 0 radical (unpaired) electrons. The van der Waals surface area contributed by atoms with Crippen molar-refractivity contribution in [1.82, 2.24) is 5.32 Å². The number of rotatable bonds is 4. The summed E-state index contributed by atoms with van der Waals surface area (Å²) in [6, 6.07) is 9.37. The van der Waals surface area contributed by atoms with Gasteiger partial charge in [-0.05, 0) is 98.6 Å². The first kappa shape index (κ1) is 23.3. The highest BCUT2D eigenvalue weighted by atomic mass is 32.1. The van der Waals surface area contributed by atoms with Crippen LogP contribution >= 0.6 is 21.2 Å². The molecule has 5 unspecified atom stereocenters. The maximum Gasteiger partial charge on any atom is 0.198 e. The van der Waals surface area contributed by atoms with Crippen LogP contribution in [0.15, 0.2) is 88.7 Å². The lowest BCUT2D eigenvalue weighted by molar-refractivity contribution is -0.525. The van der Waals surface area contributed by atoms with E-state index in [4.69, 9.17) is 12.6 Å². The van der Waals surface area contributed by atoms with Crippen LogP contribution in [0.25, 0.3) is 5.57 Å². The highest BCUT2D eigenvalue weighted by Crippen LogP contribution is 2.60. The fourth-order valence-corrected chi connectivity index (χ4v) is 8.24. The second kappa shape index (κ2) is 8.49. The second-order valence-electron chi connectivity index (χ2n) is 10.9. The van der Waals surface area contributed by atoms with E-state index in [0.717, 1.165) is 21.4 Å². The molecule has 2 nitrogen and oxygen atoms in total. The molecule has 35 heavy (non-hydrogen) atoms. The van der Waals surface area contributed by atoms with Gasteiger partial charge in [-0.1, -0.05) is 56.3 Å². The number of nitrogens with zero attached hydrogens (tertiary/aromatic N) is 1. The maximum absolute atomic E-state index is 5.09. The van der Waals surface area contributed by atoms with Crippen LogP contribution in [0.2, 0.25) is 0 Å². The number of nitrogens with one attached hydrogen (secondary N) is 1. The van der Waals surface area contributed by atoms with Crippen LogP contribution in [0, 0.1) is 11.8 Å². The first-order chi connectivity index (χ1) is 16.9. The molecule has 2 heterocycles. The van der Waals surface area contributed by atoms with Crippen LogP contribution in [-0.2, 0) is 0 Å². The van der Waals surface area contributed by atoms with Gasteiger partial charge in [0.1, 0.15) is 12.6 Å². The standard InChI is InChI=1S/C31H35N2PS/c1-18(2)20-13-14-32-31-17-24(29(31)23(16-20)28-25(31)11-8-12-27(28)35)21-9-6-7-10-22(21)26-15-19(3)30(34-5)33(26)4/h6-11,13-15,17-18,20,26-27,32,34H,12,16H2,1-5H3/p+1/b14-13-. The van der Waals surface area contributed by atoms with E-state index >= 15 is 0 Å². The Hall–Kier alpha value is -2.09. The first-order valence-corrected chi connectivity index (χ1v) is 15.0. The Kier molecular flexibility index (Phi) is 5.66. The van der Waals surface area contributed by atoms with Gasteiger partial charge in [0.25, 0.3) is 0 Å². The Balaban J connectivity index is 1.53. The van der Waals surface area contributed by atoms with Crippen molar-refractivity contribution in [2.45, 2.75) is 50.4 Å². The number of benzene rings is 1. The number of hydrogen-bond donors (Lipinski definition) is 2. The summed E-state index contributed by atoms with van der Waals surface area (Å²) >= 11 is 5.09. The summed E-state index contributed by atoms with van der Waals surface area (Å²) in [6.07, 6.45) is 16.3. The number of hydrogen-bond acceptors (Lipinski definition) is 2. The van der Waals surface area contributed by atoms with Gasteiger partial charge in [-0.15, -0.1) is 0 Å². The lowest BCUT2D eigenvalue weighted by Gasteiger charge is -2.44. The zero-order chi connectivity index (χ0) is 24.5. The Morgan fingerprint density at radius 2 is 2.03 bits per heavy atom. The minimum Gasteiger partial charge on any atom is -0.375 e. The molecule has 1 N–H and O–H groups in total. The van der Waals surface area contributed by atoms with Crippen LogP contribution in [0.5, 0.6) is 0 Å². The fourth-order valence-electron chi connectivity index (χ4n) is 6.85. The summed E-state index contributed by atoms with van der Waals surface area (Å²) in [5.74, 6) is 1.12. The minimum atomic E-state index is -0.209. The number of likely N-dealkylation sites (N-methyl/N-ethyl adjacent to an activating group) is 1. The van der Waals surface area contributed by atoms with Crippen LogP contribution in [0.1, 0.15) is 50.8 Å². The van der Waals surface area contributed by atoms with Crippen molar-refractivity contribution in [2.24, 2.45) is 11.8 Å². The van der Waals surface area contributed by atoms with E-state index in [9.17, 15) is 0 Å². The van der Waals surface area contributed by atoms with Crippen molar-refractivity contribution in [3.8, 4) is 0 Å². The molecule has 0 saturated heterocycles. The van der Waals surface area contributed by atoms with E-state index < -0.39 is 0 Å². The van der Waals surface area contributed by atoms with E-state index in [1.165, 1.54) is 44.4 Å². The predicted octanol–water partition coefficient (Wildman–Crippen LogP) is 6.82. The molecule has 0 saturated carbocycles.